The van der Waals surface area contributed by atoms with Crippen molar-refractivity contribution in [3.05, 3.63) is 0 Å². The van der Waals surface area contributed by atoms with E-state index < -0.39 is 30.5 Å². The first kappa shape index (κ1) is 12.9. The largest absolute Gasteiger partial charge is 0.394 e. The number of hydrogen-bond donors (Lipinski definition) is 4. The quantitative estimate of drug-likeness (QED) is 0.483. The average molecular weight is 220 g/mol. The van der Waals surface area contributed by atoms with Gasteiger partial charge in [-0.05, 0) is 12.3 Å². The van der Waals surface area contributed by atoms with Gasteiger partial charge < -0.3 is 25.2 Å². The van der Waals surface area contributed by atoms with Crippen LogP contribution in [0.2, 0.25) is 0 Å². The molecule has 0 bridgehead atoms. The van der Waals surface area contributed by atoms with Crippen molar-refractivity contribution in [3.63, 3.8) is 0 Å². The van der Waals surface area contributed by atoms with Gasteiger partial charge >= 0.3 is 0 Å². The SMILES string of the molecule is CC(C)CC1OC(CO)C(O)C(O)C1O. The number of ether oxygens (including phenoxy) is 1. The van der Waals surface area contributed by atoms with Crippen LogP contribution in [-0.2, 0) is 4.74 Å². The van der Waals surface area contributed by atoms with E-state index in [0.29, 0.717) is 12.3 Å². The van der Waals surface area contributed by atoms with E-state index >= 15 is 0 Å². The van der Waals surface area contributed by atoms with E-state index in [2.05, 4.69) is 0 Å². The van der Waals surface area contributed by atoms with Gasteiger partial charge in [0.2, 0.25) is 0 Å². The molecule has 0 aliphatic carbocycles. The molecule has 0 aromatic carbocycles. The number of rotatable bonds is 3. The van der Waals surface area contributed by atoms with Crippen LogP contribution < -0.4 is 0 Å². The van der Waals surface area contributed by atoms with Gasteiger partial charge in [-0.25, -0.2) is 0 Å². The molecule has 4 N–H and O–H groups in total. The van der Waals surface area contributed by atoms with Gasteiger partial charge in [-0.1, -0.05) is 13.8 Å². The first-order valence-electron chi connectivity index (χ1n) is 5.28. The molecule has 5 unspecified atom stereocenters. The van der Waals surface area contributed by atoms with E-state index in [1.54, 1.807) is 0 Å². The van der Waals surface area contributed by atoms with Crippen LogP contribution in [0.15, 0.2) is 0 Å². The summed E-state index contributed by atoms with van der Waals surface area (Å²) in [6.07, 6.45) is -4.33. The molecule has 1 saturated heterocycles. The van der Waals surface area contributed by atoms with Crippen molar-refractivity contribution < 1.29 is 25.2 Å². The molecule has 0 aromatic rings. The molecule has 1 aliphatic heterocycles. The smallest absolute Gasteiger partial charge is 0.111 e. The van der Waals surface area contributed by atoms with Crippen LogP contribution in [-0.4, -0.2) is 57.6 Å². The van der Waals surface area contributed by atoms with Crippen molar-refractivity contribution in [2.24, 2.45) is 5.92 Å². The normalized spacial score (nSPS) is 42.2. The van der Waals surface area contributed by atoms with Crippen molar-refractivity contribution in [1.82, 2.24) is 0 Å². The molecule has 0 amide bonds. The Kier molecular flexibility index (Phi) is 4.48. The van der Waals surface area contributed by atoms with Crippen LogP contribution in [0.1, 0.15) is 20.3 Å². The summed E-state index contributed by atoms with van der Waals surface area (Å²) in [6, 6.07) is 0. The fourth-order valence-corrected chi connectivity index (χ4v) is 1.84. The molecule has 1 aliphatic rings. The minimum atomic E-state index is -1.25. The van der Waals surface area contributed by atoms with E-state index in [1.165, 1.54) is 0 Å². The maximum Gasteiger partial charge on any atom is 0.111 e. The predicted octanol–water partition coefficient (Wildman–Crippen LogP) is -1.13. The molecule has 5 heteroatoms. The Labute approximate surface area is 89.3 Å². The van der Waals surface area contributed by atoms with E-state index in [1.807, 2.05) is 13.8 Å². The van der Waals surface area contributed by atoms with Gasteiger partial charge in [-0.3, -0.25) is 0 Å². The molecular formula is C10H20O5. The highest BCUT2D eigenvalue weighted by Gasteiger charge is 2.43. The van der Waals surface area contributed by atoms with Crippen molar-refractivity contribution in [1.29, 1.82) is 0 Å². The third-order valence-corrected chi connectivity index (χ3v) is 2.69. The van der Waals surface area contributed by atoms with Gasteiger partial charge in [0.25, 0.3) is 0 Å². The third kappa shape index (κ3) is 2.89. The highest BCUT2D eigenvalue weighted by molar-refractivity contribution is 4.92. The van der Waals surface area contributed by atoms with Gasteiger partial charge in [-0.2, -0.15) is 0 Å². The second kappa shape index (κ2) is 5.23. The van der Waals surface area contributed by atoms with Crippen LogP contribution >= 0.6 is 0 Å². The first-order chi connectivity index (χ1) is 6.97. The minimum Gasteiger partial charge on any atom is -0.394 e. The lowest BCUT2D eigenvalue weighted by Gasteiger charge is -2.40. The number of aliphatic hydroxyl groups excluding tert-OH is 4. The molecule has 15 heavy (non-hydrogen) atoms. The van der Waals surface area contributed by atoms with Crippen LogP contribution in [0.25, 0.3) is 0 Å². The first-order valence-corrected chi connectivity index (χ1v) is 5.28. The Balaban J connectivity index is 2.65. The van der Waals surface area contributed by atoms with E-state index in [0.717, 1.165) is 0 Å². The zero-order valence-electron chi connectivity index (χ0n) is 9.08. The molecule has 90 valence electrons. The lowest BCUT2D eigenvalue weighted by atomic mass is 9.91. The number of aliphatic hydroxyl groups is 4. The van der Waals surface area contributed by atoms with Gasteiger partial charge in [0, 0.05) is 0 Å². The lowest BCUT2D eigenvalue weighted by Crippen LogP contribution is -2.58. The summed E-state index contributed by atoms with van der Waals surface area (Å²) in [6.45, 7) is 3.59. The molecule has 5 nitrogen and oxygen atoms in total. The Morgan fingerprint density at radius 1 is 1.00 bits per heavy atom. The van der Waals surface area contributed by atoms with Crippen LogP contribution in [0.5, 0.6) is 0 Å². The Morgan fingerprint density at radius 2 is 1.53 bits per heavy atom. The van der Waals surface area contributed by atoms with Gasteiger partial charge in [0.05, 0.1) is 12.7 Å². The summed E-state index contributed by atoms with van der Waals surface area (Å²) in [4.78, 5) is 0. The van der Waals surface area contributed by atoms with Crippen molar-refractivity contribution in [3.8, 4) is 0 Å². The standard InChI is InChI=1S/C10H20O5/c1-5(2)3-6-8(12)10(14)9(13)7(4-11)15-6/h5-14H,3-4H2,1-2H3. The molecule has 1 rings (SSSR count). The summed E-state index contributed by atoms with van der Waals surface area (Å²) in [5.41, 5.74) is 0. The second-order valence-corrected chi connectivity index (χ2v) is 4.50. The molecule has 5 atom stereocenters. The summed E-state index contributed by atoms with van der Waals surface area (Å²) in [7, 11) is 0. The van der Waals surface area contributed by atoms with E-state index in [-0.39, 0.29) is 6.61 Å². The van der Waals surface area contributed by atoms with Crippen molar-refractivity contribution in [2.75, 3.05) is 6.61 Å². The van der Waals surface area contributed by atoms with Crippen LogP contribution in [0.4, 0.5) is 0 Å². The maximum absolute atomic E-state index is 9.65. The van der Waals surface area contributed by atoms with Crippen LogP contribution in [0, 0.1) is 5.92 Å². The lowest BCUT2D eigenvalue weighted by molar-refractivity contribution is -0.232. The minimum absolute atomic E-state index is 0.312. The Hall–Kier alpha value is -0.200. The summed E-state index contributed by atoms with van der Waals surface area (Å²) in [5, 5.41) is 37.6. The molecule has 0 spiro atoms. The fraction of sp³-hybridized carbons (Fsp3) is 1.00. The third-order valence-electron chi connectivity index (χ3n) is 2.69. The molecule has 0 saturated carbocycles. The molecular weight excluding hydrogens is 200 g/mol. The highest BCUT2D eigenvalue weighted by atomic mass is 16.5. The zero-order chi connectivity index (χ0) is 11.6. The second-order valence-electron chi connectivity index (χ2n) is 4.50. The van der Waals surface area contributed by atoms with E-state index in [4.69, 9.17) is 9.84 Å². The molecule has 0 radical (unpaired) electrons. The monoisotopic (exact) mass is 220 g/mol. The summed E-state index contributed by atoms with van der Waals surface area (Å²) in [5.74, 6) is 0.312. The zero-order valence-corrected chi connectivity index (χ0v) is 9.08. The van der Waals surface area contributed by atoms with Crippen molar-refractivity contribution in [2.45, 2.75) is 50.8 Å². The predicted molar refractivity (Wildman–Crippen MR) is 53.2 cm³/mol. The highest BCUT2D eigenvalue weighted by Crippen LogP contribution is 2.25. The topological polar surface area (TPSA) is 90.2 Å². The van der Waals surface area contributed by atoms with Crippen molar-refractivity contribution >= 4 is 0 Å². The average Bonchev–Trinajstić information content (AvgIpc) is 2.18. The fourth-order valence-electron chi connectivity index (χ4n) is 1.84. The summed E-state index contributed by atoms with van der Waals surface area (Å²) < 4.78 is 5.33. The van der Waals surface area contributed by atoms with Gasteiger partial charge in [-0.15, -0.1) is 0 Å². The molecule has 0 aromatic heterocycles. The summed E-state index contributed by atoms with van der Waals surface area (Å²) >= 11 is 0. The molecule has 1 heterocycles. The Bertz CT molecular complexity index is 194. The molecule has 1 fully saturated rings. The van der Waals surface area contributed by atoms with Gasteiger partial charge in [0.1, 0.15) is 24.4 Å². The maximum atomic E-state index is 9.65. The number of hydrogen-bond acceptors (Lipinski definition) is 5. The van der Waals surface area contributed by atoms with Crippen LogP contribution in [0.3, 0.4) is 0 Å². The van der Waals surface area contributed by atoms with Gasteiger partial charge in [0.15, 0.2) is 0 Å². The Morgan fingerprint density at radius 3 is 2.00 bits per heavy atom. The van der Waals surface area contributed by atoms with E-state index in [9.17, 15) is 15.3 Å².